The van der Waals surface area contributed by atoms with Crippen molar-refractivity contribution in [3.8, 4) is 0 Å². The molecule has 1 N–H and O–H groups in total. The Balaban J connectivity index is 2.60. The van der Waals surface area contributed by atoms with Gasteiger partial charge in [0.15, 0.2) is 0 Å². The lowest BCUT2D eigenvalue weighted by atomic mass is 9.80. The monoisotopic (exact) mass is 180 g/mol. The zero-order chi connectivity index (χ0) is 9.90. The molecular formula is C12H20O. The predicted octanol–water partition coefficient (Wildman–Crippen LogP) is 3.06. The zero-order valence-corrected chi connectivity index (χ0v) is 8.71. The second-order valence-corrected chi connectivity index (χ2v) is 4.15. The van der Waals surface area contributed by atoms with Gasteiger partial charge in [-0.1, -0.05) is 32.1 Å². The third-order valence-electron chi connectivity index (χ3n) is 2.94. The number of allylic oxidation sites excluding steroid dienone is 1. The Morgan fingerprint density at radius 2 is 2.38 bits per heavy atom. The average Bonchev–Trinajstić information content (AvgIpc) is 2.09. The molecule has 0 heterocycles. The maximum atomic E-state index is 10.0. The molecule has 0 aromatic heterocycles. The van der Waals surface area contributed by atoms with Gasteiger partial charge in [0.2, 0.25) is 0 Å². The van der Waals surface area contributed by atoms with E-state index in [0.29, 0.717) is 5.92 Å². The molecule has 2 unspecified atom stereocenters. The highest BCUT2D eigenvalue weighted by Crippen LogP contribution is 2.32. The second kappa shape index (κ2) is 4.10. The molecule has 1 aliphatic carbocycles. The van der Waals surface area contributed by atoms with Crippen LogP contribution in [0.2, 0.25) is 0 Å². The van der Waals surface area contributed by atoms with Crippen LogP contribution in [0.3, 0.4) is 0 Å². The molecule has 0 radical (unpaired) electrons. The minimum atomic E-state index is -0.718. The second-order valence-electron chi connectivity index (χ2n) is 4.15. The highest BCUT2D eigenvalue weighted by atomic mass is 16.3. The average molecular weight is 180 g/mol. The summed E-state index contributed by atoms with van der Waals surface area (Å²) in [5.41, 5.74) is 0.142. The van der Waals surface area contributed by atoms with Crippen molar-refractivity contribution in [2.24, 2.45) is 5.92 Å². The minimum absolute atomic E-state index is 0.671. The number of hydrogen-bond donors (Lipinski definition) is 1. The molecule has 2 atom stereocenters. The van der Waals surface area contributed by atoms with Crippen LogP contribution in [0.25, 0.3) is 0 Å². The van der Waals surface area contributed by atoms with Crippen molar-refractivity contribution in [2.75, 3.05) is 0 Å². The lowest BCUT2D eigenvalue weighted by Crippen LogP contribution is -2.30. The van der Waals surface area contributed by atoms with Crippen LogP contribution < -0.4 is 0 Å². The van der Waals surface area contributed by atoms with Gasteiger partial charge in [0.1, 0.15) is 5.60 Å². The van der Waals surface area contributed by atoms with E-state index >= 15 is 0 Å². The standard InChI is InChI=1S/C12H20O/c1-4-5-11-6-8-12(13,9-7-11)10(2)3/h6,8,11,13H,2,4-5,7,9H2,1,3H3. The maximum absolute atomic E-state index is 10.0. The molecule has 1 nitrogen and oxygen atoms in total. The molecule has 1 heteroatoms. The fourth-order valence-electron chi connectivity index (χ4n) is 1.85. The Morgan fingerprint density at radius 1 is 1.69 bits per heavy atom. The topological polar surface area (TPSA) is 20.2 Å². The Bertz CT molecular complexity index is 217. The molecule has 0 aromatic rings. The van der Waals surface area contributed by atoms with Crippen molar-refractivity contribution in [3.63, 3.8) is 0 Å². The SMILES string of the molecule is C=C(C)C1(O)C=CC(CCC)CC1. The highest BCUT2D eigenvalue weighted by Gasteiger charge is 2.28. The Kier molecular flexibility index (Phi) is 3.32. The van der Waals surface area contributed by atoms with E-state index in [4.69, 9.17) is 0 Å². The van der Waals surface area contributed by atoms with Crippen LogP contribution in [0.5, 0.6) is 0 Å². The van der Waals surface area contributed by atoms with E-state index in [-0.39, 0.29) is 0 Å². The van der Waals surface area contributed by atoms with Crippen molar-refractivity contribution < 1.29 is 5.11 Å². The van der Waals surface area contributed by atoms with Crippen molar-refractivity contribution in [1.29, 1.82) is 0 Å². The zero-order valence-electron chi connectivity index (χ0n) is 8.71. The van der Waals surface area contributed by atoms with Crippen LogP contribution in [0.15, 0.2) is 24.3 Å². The summed E-state index contributed by atoms with van der Waals surface area (Å²) in [5, 5.41) is 10.0. The summed E-state index contributed by atoms with van der Waals surface area (Å²) in [7, 11) is 0. The summed E-state index contributed by atoms with van der Waals surface area (Å²) in [5.74, 6) is 0.671. The fourth-order valence-corrected chi connectivity index (χ4v) is 1.85. The Hall–Kier alpha value is -0.560. The number of hydrogen-bond acceptors (Lipinski definition) is 1. The lowest BCUT2D eigenvalue weighted by molar-refractivity contribution is 0.105. The number of rotatable bonds is 3. The normalized spacial score (nSPS) is 33.3. The van der Waals surface area contributed by atoms with E-state index in [1.165, 1.54) is 12.8 Å². The van der Waals surface area contributed by atoms with Crippen LogP contribution in [0, 0.1) is 5.92 Å². The van der Waals surface area contributed by atoms with Gasteiger partial charge in [0.25, 0.3) is 0 Å². The van der Waals surface area contributed by atoms with Gasteiger partial charge in [-0.05, 0) is 37.7 Å². The van der Waals surface area contributed by atoms with Gasteiger partial charge in [-0.3, -0.25) is 0 Å². The van der Waals surface area contributed by atoms with Gasteiger partial charge < -0.3 is 5.11 Å². The first kappa shape index (κ1) is 10.5. The smallest absolute Gasteiger partial charge is 0.103 e. The maximum Gasteiger partial charge on any atom is 0.103 e. The summed E-state index contributed by atoms with van der Waals surface area (Å²) in [6.07, 6.45) is 8.47. The predicted molar refractivity (Wildman–Crippen MR) is 56.5 cm³/mol. The lowest BCUT2D eigenvalue weighted by Gasteiger charge is -2.31. The molecule has 0 fully saturated rings. The van der Waals surface area contributed by atoms with Gasteiger partial charge >= 0.3 is 0 Å². The quantitative estimate of drug-likeness (QED) is 0.662. The summed E-state index contributed by atoms with van der Waals surface area (Å²) < 4.78 is 0. The summed E-state index contributed by atoms with van der Waals surface area (Å²) in [6.45, 7) is 7.92. The molecule has 0 spiro atoms. The molecule has 74 valence electrons. The Morgan fingerprint density at radius 3 is 2.77 bits per heavy atom. The molecule has 0 aromatic carbocycles. The first-order chi connectivity index (χ1) is 6.08. The van der Waals surface area contributed by atoms with Gasteiger partial charge in [0, 0.05) is 0 Å². The Labute approximate surface area is 81.2 Å². The van der Waals surface area contributed by atoms with Gasteiger partial charge in [-0.2, -0.15) is 0 Å². The molecule has 0 saturated carbocycles. The van der Waals surface area contributed by atoms with E-state index in [1.54, 1.807) is 0 Å². The fraction of sp³-hybridized carbons (Fsp3) is 0.667. The van der Waals surface area contributed by atoms with Crippen molar-refractivity contribution in [2.45, 2.75) is 45.1 Å². The molecule has 1 rings (SSSR count). The van der Waals surface area contributed by atoms with Crippen molar-refractivity contribution in [1.82, 2.24) is 0 Å². The largest absolute Gasteiger partial charge is 0.381 e. The van der Waals surface area contributed by atoms with E-state index < -0.39 is 5.60 Å². The van der Waals surface area contributed by atoms with E-state index in [9.17, 15) is 5.11 Å². The first-order valence-corrected chi connectivity index (χ1v) is 5.16. The molecule has 0 bridgehead atoms. The third-order valence-corrected chi connectivity index (χ3v) is 2.94. The van der Waals surface area contributed by atoms with E-state index in [0.717, 1.165) is 18.4 Å². The van der Waals surface area contributed by atoms with Gasteiger partial charge in [-0.15, -0.1) is 0 Å². The summed E-state index contributed by atoms with van der Waals surface area (Å²) >= 11 is 0. The number of aliphatic hydroxyl groups is 1. The molecule has 0 aliphatic heterocycles. The molecule has 0 saturated heterocycles. The van der Waals surface area contributed by atoms with Gasteiger partial charge in [0.05, 0.1) is 0 Å². The molecular weight excluding hydrogens is 160 g/mol. The summed E-state index contributed by atoms with van der Waals surface area (Å²) in [4.78, 5) is 0. The van der Waals surface area contributed by atoms with Gasteiger partial charge in [-0.25, -0.2) is 0 Å². The van der Waals surface area contributed by atoms with Crippen molar-refractivity contribution >= 4 is 0 Å². The highest BCUT2D eigenvalue weighted by molar-refractivity contribution is 5.22. The van der Waals surface area contributed by atoms with Crippen LogP contribution in [0.4, 0.5) is 0 Å². The van der Waals surface area contributed by atoms with Crippen LogP contribution in [-0.2, 0) is 0 Å². The third kappa shape index (κ3) is 2.44. The molecule has 1 aliphatic rings. The van der Waals surface area contributed by atoms with Crippen LogP contribution in [-0.4, -0.2) is 10.7 Å². The van der Waals surface area contributed by atoms with Crippen molar-refractivity contribution in [3.05, 3.63) is 24.3 Å². The van der Waals surface area contributed by atoms with Crippen LogP contribution >= 0.6 is 0 Å². The van der Waals surface area contributed by atoms with E-state index in [2.05, 4.69) is 19.6 Å². The van der Waals surface area contributed by atoms with E-state index in [1.807, 2.05) is 13.0 Å². The first-order valence-electron chi connectivity index (χ1n) is 5.16. The molecule has 0 amide bonds. The van der Waals surface area contributed by atoms with Crippen LogP contribution in [0.1, 0.15) is 39.5 Å². The summed E-state index contributed by atoms with van der Waals surface area (Å²) in [6, 6.07) is 0. The molecule has 13 heavy (non-hydrogen) atoms. The minimum Gasteiger partial charge on any atom is -0.381 e.